The zero-order valence-electron chi connectivity index (χ0n) is 12.2. The Balaban J connectivity index is 1.73. The summed E-state index contributed by atoms with van der Waals surface area (Å²) in [6.45, 7) is 3.04. The molecule has 0 radical (unpaired) electrons. The van der Waals surface area contributed by atoms with E-state index < -0.39 is 0 Å². The van der Waals surface area contributed by atoms with Crippen LogP contribution in [-0.2, 0) is 6.54 Å². The van der Waals surface area contributed by atoms with E-state index in [2.05, 4.69) is 28.9 Å². The van der Waals surface area contributed by atoms with Crippen LogP contribution in [0.5, 0.6) is 0 Å². The number of para-hydroxylation sites is 1. The molecule has 1 aromatic heterocycles. The van der Waals surface area contributed by atoms with Crippen LogP contribution in [0.2, 0.25) is 0 Å². The number of likely N-dealkylation sites (N-methyl/N-ethyl adjacent to an activating group) is 2. The molecule has 1 atom stereocenters. The lowest BCUT2D eigenvalue weighted by atomic mass is 10.1. The minimum Gasteiger partial charge on any atom is -0.439 e. The van der Waals surface area contributed by atoms with Crippen molar-refractivity contribution >= 4 is 16.8 Å². The molecule has 5 nitrogen and oxygen atoms in total. The Morgan fingerprint density at radius 1 is 1.50 bits per heavy atom. The van der Waals surface area contributed by atoms with E-state index in [1.54, 1.807) is 0 Å². The van der Waals surface area contributed by atoms with Crippen LogP contribution in [-0.4, -0.2) is 48.0 Å². The Hall–Kier alpha value is -1.59. The summed E-state index contributed by atoms with van der Waals surface area (Å²) in [5, 5.41) is 0. The first-order chi connectivity index (χ1) is 9.63. The highest BCUT2D eigenvalue weighted by Crippen LogP contribution is 2.23. The van der Waals surface area contributed by atoms with Gasteiger partial charge >= 0.3 is 0 Å². The second-order valence-electron chi connectivity index (χ2n) is 5.77. The maximum atomic E-state index is 5.92. The molecule has 0 bridgehead atoms. The van der Waals surface area contributed by atoms with E-state index >= 15 is 0 Å². The van der Waals surface area contributed by atoms with Gasteiger partial charge in [0.25, 0.3) is 0 Å². The molecule has 108 valence electrons. The Bertz CT molecular complexity index is 595. The number of benzene rings is 1. The van der Waals surface area contributed by atoms with Crippen LogP contribution in [0.25, 0.3) is 11.1 Å². The summed E-state index contributed by atoms with van der Waals surface area (Å²) < 4.78 is 5.79. The summed E-state index contributed by atoms with van der Waals surface area (Å²) in [5.41, 5.74) is 8.14. The molecule has 0 saturated carbocycles. The highest BCUT2D eigenvalue weighted by atomic mass is 16.3. The Kier molecular flexibility index (Phi) is 3.63. The molecule has 1 aliphatic rings. The Morgan fingerprint density at radius 3 is 3.10 bits per heavy atom. The van der Waals surface area contributed by atoms with Crippen LogP contribution in [0.1, 0.15) is 18.7 Å². The summed E-state index contributed by atoms with van der Waals surface area (Å²) in [7, 11) is 4.32. The fourth-order valence-electron chi connectivity index (χ4n) is 2.92. The molecular formula is C15H22N4O. The molecule has 2 aromatic rings. The third kappa shape index (κ3) is 2.64. The van der Waals surface area contributed by atoms with Crippen molar-refractivity contribution in [3.63, 3.8) is 0 Å². The summed E-state index contributed by atoms with van der Waals surface area (Å²) in [6, 6.07) is 6.23. The predicted octanol–water partition coefficient (Wildman–Crippen LogP) is 1.94. The zero-order valence-corrected chi connectivity index (χ0v) is 12.2. The number of hydrogen-bond donors (Lipinski definition) is 1. The van der Waals surface area contributed by atoms with E-state index in [9.17, 15) is 0 Å². The van der Waals surface area contributed by atoms with Gasteiger partial charge in [-0.1, -0.05) is 6.07 Å². The molecule has 0 spiro atoms. The van der Waals surface area contributed by atoms with Crippen molar-refractivity contribution in [3.05, 3.63) is 24.1 Å². The lowest BCUT2D eigenvalue weighted by Gasteiger charge is -2.35. The smallest absolute Gasteiger partial charge is 0.209 e. The van der Waals surface area contributed by atoms with E-state index in [1.807, 2.05) is 18.2 Å². The SMILES string of the molecule is CN1CCCC(N(C)Cc2nc3c(N)cccc3o2)C1. The number of rotatable bonds is 3. The number of nitrogens with two attached hydrogens (primary N) is 1. The quantitative estimate of drug-likeness (QED) is 0.867. The monoisotopic (exact) mass is 274 g/mol. The largest absolute Gasteiger partial charge is 0.439 e. The first kappa shape index (κ1) is 13.4. The number of anilines is 1. The number of nitrogen functional groups attached to an aromatic ring is 1. The second kappa shape index (κ2) is 5.42. The third-order valence-corrected chi connectivity index (χ3v) is 4.10. The van der Waals surface area contributed by atoms with Gasteiger partial charge in [0.2, 0.25) is 5.89 Å². The molecule has 0 aliphatic carbocycles. The summed E-state index contributed by atoms with van der Waals surface area (Å²) in [4.78, 5) is 9.23. The van der Waals surface area contributed by atoms with Gasteiger partial charge in [-0.25, -0.2) is 4.98 Å². The van der Waals surface area contributed by atoms with Gasteiger partial charge in [-0.2, -0.15) is 0 Å². The van der Waals surface area contributed by atoms with Crippen LogP contribution >= 0.6 is 0 Å². The molecular weight excluding hydrogens is 252 g/mol. The molecule has 1 unspecified atom stereocenters. The van der Waals surface area contributed by atoms with Crippen LogP contribution in [0.3, 0.4) is 0 Å². The first-order valence-corrected chi connectivity index (χ1v) is 7.16. The highest BCUT2D eigenvalue weighted by Gasteiger charge is 2.22. The van der Waals surface area contributed by atoms with Gasteiger partial charge in [-0.3, -0.25) is 4.90 Å². The average molecular weight is 274 g/mol. The molecule has 1 aromatic carbocycles. The van der Waals surface area contributed by atoms with E-state index in [-0.39, 0.29) is 0 Å². The topological polar surface area (TPSA) is 58.5 Å². The van der Waals surface area contributed by atoms with E-state index in [1.165, 1.54) is 19.4 Å². The van der Waals surface area contributed by atoms with Crippen molar-refractivity contribution in [1.82, 2.24) is 14.8 Å². The van der Waals surface area contributed by atoms with Crippen molar-refractivity contribution < 1.29 is 4.42 Å². The Labute approximate surface area is 119 Å². The molecule has 3 rings (SSSR count). The van der Waals surface area contributed by atoms with Gasteiger partial charge in [-0.05, 0) is 45.6 Å². The van der Waals surface area contributed by atoms with Gasteiger partial charge in [0.15, 0.2) is 5.58 Å². The van der Waals surface area contributed by atoms with Crippen LogP contribution in [0.4, 0.5) is 5.69 Å². The maximum Gasteiger partial charge on any atom is 0.209 e. The summed E-state index contributed by atoms with van der Waals surface area (Å²) in [5.74, 6) is 0.744. The van der Waals surface area contributed by atoms with E-state index in [4.69, 9.17) is 10.2 Å². The minimum absolute atomic E-state index is 0.570. The minimum atomic E-state index is 0.570. The first-order valence-electron chi connectivity index (χ1n) is 7.16. The molecule has 1 fully saturated rings. The van der Waals surface area contributed by atoms with Gasteiger partial charge in [-0.15, -0.1) is 0 Å². The molecule has 1 aliphatic heterocycles. The Morgan fingerprint density at radius 2 is 2.35 bits per heavy atom. The third-order valence-electron chi connectivity index (χ3n) is 4.10. The fourth-order valence-corrected chi connectivity index (χ4v) is 2.92. The van der Waals surface area contributed by atoms with E-state index in [0.29, 0.717) is 11.7 Å². The van der Waals surface area contributed by atoms with Gasteiger partial charge in [0.05, 0.1) is 12.2 Å². The molecule has 2 N–H and O–H groups in total. The maximum absolute atomic E-state index is 5.92. The number of fused-ring (bicyclic) bond motifs is 1. The molecule has 0 amide bonds. The number of piperidine rings is 1. The lowest BCUT2D eigenvalue weighted by molar-refractivity contribution is 0.122. The van der Waals surface area contributed by atoms with Gasteiger partial charge in [0, 0.05) is 12.6 Å². The van der Waals surface area contributed by atoms with Crippen LogP contribution in [0, 0.1) is 0 Å². The van der Waals surface area contributed by atoms with Crippen molar-refractivity contribution in [1.29, 1.82) is 0 Å². The van der Waals surface area contributed by atoms with Crippen LogP contribution < -0.4 is 5.73 Å². The molecule has 2 heterocycles. The zero-order chi connectivity index (χ0) is 14.1. The highest BCUT2D eigenvalue weighted by molar-refractivity contribution is 5.85. The standard InChI is InChI=1S/C15H22N4O/c1-18-8-4-5-11(9-18)19(2)10-14-17-15-12(16)6-3-7-13(15)20-14/h3,6-7,11H,4-5,8-10,16H2,1-2H3. The number of hydrogen-bond acceptors (Lipinski definition) is 5. The normalized spacial score (nSPS) is 20.9. The van der Waals surface area contributed by atoms with Crippen molar-refractivity contribution in [3.8, 4) is 0 Å². The van der Waals surface area contributed by atoms with Gasteiger partial charge in [0.1, 0.15) is 5.52 Å². The lowest BCUT2D eigenvalue weighted by Crippen LogP contribution is -2.44. The molecule has 20 heavy (non-hydrogen) atoms. The number of nitrogens with zero attached hydrogens (tertiary/aromatic N) is 3. The number of oxazole rings is 1. The number of likely N-dealkylation sites (tertiary alicyclic amines) is 1. The summed E-state index contributed by atoms with van der Waals surface area (Å²) >= 11 is 0. The molecule has 5 heteroatoms. The van der Waals surface area contributed by atoms with Crippen molar-refractivity contribution in [2.75, 3.05) is 32.9 Å². The van der Waals surface area contributed by atoms with Crippen molar-refractivity contribution in [2.45, 2.75) is 25.4 Å². The molecule has 1 saturated heterocycles. The average Bonchev–Trinajstić information content (AvgIpc) is 2.83. The van der Waals surface area contributed by atoms with Crippen molar-refractivity contribution in [2.24, 2.45) is 0 Å². The predicted molar refractivity (Wildman–Crippen MR) is 80.4 cm³/mol. The second-order valence-corrected chi connectivity index (χ2v) is 5.77. The summed E-state index contributed by atoms with van der Waals surface area (Å²) in [6.07, 6.45) is 2.50. The van der Waals surface area contributed by atoms with E-state index in [0.717, 1.165) is 30.1 Å². The van der Waals surface area contributed by atoms with Crippen LogP contribution in [0.15, 0.2) is 22.6 Å². The fraction of sp³-hybridized carbons (Fsp3) is 0.533. The van der Waals surface area contributed by atoms with Gasteiger partial charge < -0.3 is 15.1 Å². The number of aromatic nitrogens is 1.